The third kappa shape index (κ3) is 3.86. The number of fused-ring (bicyclic) bond motifs is 2. The van der Waals surface area contributed by atoms with Crippen molar-refractivity contribution in [3.05, 3.63) is 87.1 Å². The van der Waals surface area contributed by atoms with Crippen molar-refractivity contribution in [2.45, 2.75) is 0 Å². The van der Waals surface area contributed by atoms with E-state index in [0.29, 0.717) is 33.8 Å². The minimum Gasteiger partial charge on any atom is -0.496 e. The van der Waals surface area contributed by atoms with Gasteiger partial charge in [0.1, 0.15) is 11.3 Å². The molecule has 0 saturated heterocycles. The van der Waals surface area contributed by atoms with E-state index in [2.05, 4.69) is 21.0 Å². The molecule has 0 fully saturated rings. The summed E-state index contributed by atoms with van der Waals surface area (Å²) < 4.78 is 13.7. The predicted molar refractivity (Wildman–Crippen MR) is 139 cm³/mol. The first-order valence-corrected chi connectivity index (χ1v) is 11.4. The zero-order valence-electron chi connectivity index (χ0n) is 18.8. The molecule has 0 unspecified atom stereocenters. The van der Waals surface area contributed by atoms with Crippen molar-refractivity contribution in [2.24, 2.45) is 5.10 Å². The molecule has 0 aliphatic heterocycles. The molecule has 8 heteroatoms. The summed E-state index contributed by atoms with van der Waals surface area (Å²) in [4.78, 5) is 20.2. The summed E-state index contributed by atoms with van der Waals surface area (Å²) in [6.45, 7) is 0. The number of nitrogens with zero attached hydrogens (tertiary/aromatic N) is 4. The van der Waals surface area contributed by atoms with Gasteiger partial charge in [-0.05, 0) is 64.0 Å². The fraction of sp³-hybridized carbons (Fsp3) is 0.115. The number of benzene rings is 3. The highest BCUT2D eigenvalue weighted by molar-refractivity contribution is 9.10. The SMILES string of the molecule is COc1cccc2oc(-c3nc4ccccc4c(=O)n3N=Cc3ccc(N(C)C)c(Br)c3)cc12. The molecule has 2 heterocycles. The zero-order chi connectivity index (χ0) is 23.8. The Balaban J connectivity index is 1.69. The van der Waals surface area contributed by atoms with Crippen molar-refractivity contribution in [3.8, 4) is 17.3 Å². The molecule has 7 nitrogen and oxygen atoms in total. The van der Waals surface area contributed by atoms with Crippen molar-refractivity contribution in [3.63, 3.8) is 0 Å². The highest BCUT2D eigenvalue weighted by Crippen LogP contribution is 2.33. The molecule has 0 aliphatic rings. The first-order chi connectivity index (χ1) is 16.5. The van der Waals surface area contributed by atoms with Crippen molar-refractivity contribution >= 4 is 49.7 Å². The highest BCUT2D eigenvalue weighted by Gasteiger charge is 2.17. The molecule has 0 aliphatic carbocycles. The summed E-state index contributed by atoms with van der Waals surface area (Å²) in [5, 5.41) is 5.79. The molecule has 34 heavy (non-hydrogen) atoms. The van der Waals surface area contributed by atoms with Crippen LogP contribution in [0.2, 0.25) is 0 Å². The standard InChI is InChI=1S/C26H21BrN4O3/c1-30(2)21-12-11-16(13-19(21)27)15-28-31-25(29-20-8-5-4-7-17(20)26(31)32)24-14-18-22(33-3)9-6-10-23(18)34-24/h4-15H,1-3H3. The van der Waals surface area contributed by atoms with Crippen LogP contribution >= 0.6 is 15.9 Å². The third-order valence-electron chi connectivity index (χ3n) is 5.49. The van der Waals surface area contributed by atoms with Crippen LogP contribution in [0.1, 0.15) is 5.56 Å². The maximum absolute atomic E-state index is 13.4. The Morgan fingerprint density at radius 2 is 1.88 bits per heavy atom. The number of ether oxygens (including phenoxy) is 1. The van der Waals surface area contributed by atoms with Crippen LogP contribution < -0.4 is 15.2 Å². The number of furan rings is 1. The fourth-order valence-electron chi connectivity index (χ4n) is 3.80. The van der Waals surface area contributed by atoms with Crippen LogP contribution in [0.3, 0.4) is 0 Å². The molecule has 0 amide bonds. The smallest absolute Gasteiger partial charge is 0.282 e. The van der Waals surface area contributed by atoms with E-state index < -0.39 is 0 Å². The van der Waals surface area contributed by atoms with Crippen LogP contribution in [0.25, 0.3) is 33.5 Å². The summed E-state index contributed by atoms with van der Waals surface area (Å²) in [7, 11) is 5.56. The fourth-order valence-corrected chi connectivity index (χ4v) is 4.55. The topological polar surface area (TPSA) is 72.9 Å². The molecular formula is C26H21BrN4O3. The van der Waals surface area contributed by atoms with Gasteiger partial charge in [0.05, 0.1) is 35.3 Å². The van der Waals surface area contributed by atoms with Crippen molar-refractivity contribution < 1.29 is 9.15 Å². The Bertz CT molecular complexity index is 1620. The molecular weight excluding hydrogens is 496 g/mol. The van der Waals surface area contributed by atoms with Crippen LogP contribution in [0.15, 0.2) is 85.5 Å². The van der Waals surface area contributed by atoms with Gasteiger partial charge in [-0.2, -0.15) is 9.78 Å². The van der Waals surface area contributed by atoms with E-state index in [0.717, 1.165) is 21.1 Å². The van der Waals surface area contributed by atoms with Crippen LogP contribution in [-0.2, 0) is 0 Å². The van der Waals surface area contributed by atoms with E-state index in [4.69, 9.17) is 14.1 Å². The molecule has 2 aromatic heterocycles. The van der Waals surface area contributed by atoms with E-state index in [1.54, 1.807) is 25.5 Å². The Morgan fingerprint density at radius 1 is 1.06 bits per heavy atom. The number of methoxy groups -OCH3 is 1. The quantitative estimate of drug-likeness (QED) is 0.287. The monoisotopic (exact) mass is 516 g/mol. The Morgan fingerprint density at radius 3 is 2.65 bits per heavy atom. The van der Waals surface area contributed by atoms with Crippen molar-refractivity contribution in [1.29, 1.82) is 0 Å². The predicted octanol–water partition coefficient (Wildman–Crippen LogP) is 5.53. The first kappa shape index (κ1) is 21.9. The third-order valence-corrected chi connectivity index (χ3v) is 6.13. The minimum absolute atomic E-state index is 0.284. The average Bonchev–Trinajstić information content (AvgIpc) is 3.27. The minimum atomic E-state index is -0.284. The maximum Gasteiger partial charge on any atom is 0.282 e. The number of halogens is 1. The number of anilines is 1. The first-order valence-electron chi connectivity index (χ1n) is 10.6. The van der Waals surface area contributed by atoms with E-state index in [1.165, 1.54) is 4.68 Å². The Hall–Kier alpha value is -3.91. The second-order valence-corrected chi connectivity index (χ2v) is 8.76. The van der Waals surface area contributed by atoms with Crippen LogP contribution in [0, 0.1) is 0 Å². The van der Waals surface area contributed by atoms with Gasteiger partial charge in [0.2, 0.25) is 5.82 Å². The Labute approximate surface area is 204 Å². The van der Waals surface area contributed by atoms with Crippen molar-refractivity contribution in [2.75, 3.05) is 26.1 Å². The Kier molecular flexibility index (Phi) is 5.67. The second kappa shape index (κ2) is 8.79. The van der Waals surface area contributed by atoms with Gasteiger partial charge in [0, 0.05) is 18.6 Å². The summed E-state index contributed by atoms with van der Waals surface area (Å²) in [5.41, 5.74) is 2.79. The van der Waals surface area contributed by atoms with Gasteiger partial charge < -0.3 is 14.1 Å². The average molecular weight is 517 g/mol. The van der Waals surface area contributed by atoms with E-state index in [9.17, 15) is 4.79 Å². The lowest BCUT2D eigenvalue weighted by Crippen LogP contribution is -2.20. The summed E-state index contributed by atoms with van der Waals surface area (Å²) in [6.07, 6.45) is 1.63. The number of hydrogen-bond donors (Lipinski definition) is 0. The number of hydrogen-bond acceptors (Lipinski definition) is 6. The second-order valence-electron chi connectivity index (χ2n) is 7.90. The molecule has 170 valence electrons. The summed E-state index contributed by atoms with van der Waals surface area (Å²) in [6, 6.07) is 20.4. The van der Waals surface area contributed by atoms with E-state index >= 15 is 0 Å². The maximum atomic E-state index is 13.4. The van der Waals surface area contributed by atoms with Crippen molar-refractivity contribution in [1.82, 2.24) is 9.66 Å². The van der Waals surface area contributed by atoms with Gasteiger partial charge in [-0.3, -0.25) is 4.79 Å². The van der Waals surface area contributed by atoms with Gasteiger partial charge in [-0.25, -0.2) is 4.98 Å². The highest BCUT2D eigenvalue weighted by atomic mass is 79.9. The molecule has 5 rings (SSSR count). The lowest BCUT2D eigenvalue weighted by atomic mass is 10.2. The molecule has 0 bridgehead atoms. The van der Waals surface area contributed by atoms with Crippen LogP contribution in [0.5, 0.6) is 5.75 Å². The molecule has 0 N–H and O–H groups in total. The molecule has 0 spiro atoms. The summed E-state index contributed by atoms with van der Waals surface area (Å²) >= 11 is 3.59. The van der Waals surface area contributed by atoms with Gasteiger partial charge >= 0.3 is 0 Å². The van der Waals surface area contributed by atoms with Gasteiger partial charge in [-0.15, -0.1) is 0 Å². The lowest BCUT2D eigenvalue weighted by molar-refractivity contribution is 0.419. The lowest BCUT2D eigenvalue weighted by Gasteiger charge is -2.14. The molecule has 5 aromatic rings. The number of rotatable bonds is 5. The zero-order valence-corrected chi connectivity index (χ0v) is 20.4. The van der Waals surface area contributed by atoms with Crippen LogP contribution in [0.4, 0.5) is 5.69 Å². The van der Waals surface area contributed by atoms with Gasteiger partial charge in [0.25, 0.3) is 5.56 Å². The van der Waals surface area contributed by atoms with Crippen LogP contribution in [-0.4, -0.2) is 37.1 Å². The number of aromatic nitrogens is 2. The number of para-hydroxylation sites is 1. The largest absolute Gasteiger partial charge is 0.496 e. The van der Waals surface area contributed by atoms with Gasteiger partial charge in [-0.1, -0.05) is 24.3 Å². The normalized spacial score (nSPS) is 11.5. The molecule has 0 saturated carbocycles. The molecule has 3 aromatic carbocycles. The molecule has 0 atom stereocenters. The van der Waals surface area contributed by atoms with E-state index in [-0.39, 0.29) is 5.56 Å². The molecule has 0 radical (unpaired) electrons. The summed E-state index contributed by atoms with van der Waals surface area (Å²) in [5.74, 6) is 1.40. The van der Waals surface area contributed by atoms with E-state index in [1.807, 2.05) is 73.6 Å². The van der Waals surface area contributed by atoms with Gasteiger partial charge in [0.15, 0.2) is 5.76 Å².